The van der Waals surface area contributed by atoms with Crippen molar-refractivity contribution < 1.29 is 14.3 Å². The summed E-state index contributed by atoms with van der Waals surface area (Å²) in [5, 5.41) is 0. The van der Waals surface area contributed by atoms with Crippen LogP contribution in [0.3, 0.4) is 0 Å². The zero-order chi connectivity index (χ0) is 13.6. The molecule has 0 aromatic carbocycles. The molecule has 2 aliphatic rings. The van der Waals surface area contributed by atoms with Crippen LogP contribution >= 0.6 is 0 Å². The minimum absolute atomic E-state index is 0.0147. The van der Waals surface area contributed by atoms with Gasteiger partial charge < -0.3 is 15.2 Å². The zero-order valence-corrected chi connectivity index (χ0v) is 11.9. The molecular formula is C14H25NO3. The van der Waals surface area contributed by atoms with Gasteiger partial charge in [0.15, 0.2) is 0 Å². The fraction of sp³-hybridized carbons (Fsp3) is 0.929. The number of carbonyl (C=O) groups is 1. The monoisotopic (exact) mass is 255 g/mol. The standard InChI is InChI=1S/C14H25NO3/c1-13(2)9-5-6-14(3,7-9)12(13)18-11(16)10(15)8-17-4/h9-10,12H,5-8,15H2,1-4H3/t9?,10-,12?,14?/m0/s1. The van der Waals surface area contributed by atoms with Crippen LogP contribution in [-0.4, -0.2) is 31.8 Å². The summed E-state index contributed by atoms with van der Waals surface area (Å²) < 4.78 is 10.6. The molecule has 104 valence electrons. The molecule has 4 heteroatoms. The average Bonchev–Trinajstić information content (AvgIpc) is 2.75. The number of methoxy groups -OCH3 is 1. The van der Waals surface area contributed by atoms with Gasteiger partial charge in [-0.3, -0.25) is 4.79 Å². The van der Waals surface area contributed by atoms with Crippen LogP contribution < -0.4 is 5.73 Å². The summed E-state index contributed by atoms with van der Waals surface area (Å²) in [7, 11) is 1.54. The third kappa shape index (κ3) is 2.05. The van der Waals surface area contributed by atoms with Crippen LogP contribution in [0.2, 0.25) is 0 Å². The molecule has 4 atom stereocenters. The van der Waals surface area contributed by atoms with Crippen LogP contribution in [0.15, 0.2) is 0 Å². The molecule has 2 saturated carbocycles. The van der Waals surface area contributed by atoms with Crippen molar-refractivity contribution in [2.75, 3.05) is 13.7 Å². The maximum absolute atomic E-state index is 12.0. The maximum atomic E-state index is 12.0. The van der Waals surface area contributed by atoms with Crippen LogP contribution in [0.4, 0.5) is 0 Å². The molecule has 0 aliphatic heterocycles. The van der Waals surface area contributed by atoms with Gasteiger partial charge >= 0.3 is 5.97 Å². The van der Waals surface area contributed by atoms with Gasteiger partial charge in [0, 0.05) is 17.9 Å². The van der Waals surface area contributed by atoms with Crippen molar-refractivity contribution in [1.82, 2.24) is 0 Å². The summed E-state index contributed by atoms with van der Waals surface area (Å²) in [5.74, 6) is 0.336. The molecule has 2 N–H and O–H groups in total. The van der Waals surface area contributed by atoms with Gasteiger partial charge in [0.1, 0.15) is 12.1 Å². The highest BCUT2D eigenvalue weighted by Crippen LogP contribution is 2.63. The smallest absolute Gasteiger partial charge is 0.325 e. The van der Waals surface area contributed by atoms with E-state index < -0.39 is 6.04 Å². The minimum Gasteiger partial charge on any atom is -0.460 e. The van der Waals surface area contributed by atoms with E-state index in [1.165, 1.54) is 13.5 Å². The Morgan fingerprint density at radius 1 is 1.44 bits per heavy atom. The number of nitrogens with two attached hydrogens (primary N) is 1. The first-order chi connectivity index (χ1) is 8.31. The third-order valence-corrected chi connectivity index (χ3v) is 5.02. The lowest BCUT2D eigenvalue weighted by molar-refractivity contribution is -0.167. The van der Waals surface area contributed by atoms with Crippen LogP contribution in [-0.2, 0) is 14.3 Å². The van der Waals surface area contributed by atoms with E-state index in [1.807, 2.05) is 0 Å². The Morgan fingerprint density at radius 3 is 2.61 bits per heavy atom. The normalized spacial score (nSPS) is 38.7. The Bertz CT molecular complexity index is 337. The van der Waals surface area contributed by atoms with Gasteiger partial charge in [0.05, 0.1) is 6.61 Å². The van der Waals surface area contributed by atoms with E-state index in [0.29, 0.717) is 5.92 Å². The Balaban J connectivity index is 2.07. The van der Waals surface area contributed by atoms with E-state index in [1.54, 1.807) is 0 Å². The van der Waals surface area contributed by atoms with Crippen LogP contribution in [0.25, 0.3) is 0 Å². The fourth-order valence-electron chi connectivity index (χ4n) is 4.00. The number of fused-ring (bicyclic) bond motifs is 2. The largest absolute Gasteiger partial charge is 0.460 e. The summed E-state index contributed by atoms with van der Waals surface area (Å²) in [6.07, 6.45) is 3.55. The number of esters is 1. The Labute approximate surface area is 109 Å². The minimum atomic E-state index is -0.673. The van der Waals surface area contributed by atoms with Crippen molar-refractivity contribution in [2.45, 2.75) is 52.2 Å². The second-order valence-corrected chi connectivity index (χ2v) is 6.79. The van der Waals surface area contributed by atoms with E-state index in [4.69, 9.17) is 15.2 Å². The topological polar surface area (TPSA) is 61.5 Å². The predicted octanol–water partition coefficient (Wildman–Crippen LogP) is 1.72. The van der Waals surface area contributed by atoms with Crippen molar-refractivity contribution in [3.05, 3.63) is 0 Å². The van der Waals surface area contributed by atoms with E-state index >= 15 is 0 Å². The quantitative estimate of drug-likeness (QED) is 0.777. The number of rotatable bonds is 4. The highest BCUT2D eigenvalue weighted by atomic mass is 16.6. The number of ether oxygens (including phenoxy) is 2. The van der Waals surface area contributed by atoms with Gasteiger partial charge in [-0.1, -0.05) is 20.8 Å². The first-order valence-corrected chi connectivity index (χ1v) is 6.76. The van der Waals surface area contributed by atoms with E-state index in [-0.39, 0.29) is 29.5 Å². The van der Waals surface area contributed by atoms with Crippen molar-refractivity contribution >= 4 is 5.97 Å². The lowest BCUT2D eigenvalue weighted by Gasteiger charge is -2.42. The van der Waals surface area contributed by atoms with Gasteiger partial charge in [0.2, 0.25) is 0 Å². The summed E-state index contributed by atoms with van der Waals surface area (Å²) in [6.45, 7) is 6.87. The molecule has 2 rings (SSSR count). The number of carbonyl (C=O) groups excluding carboxylic acids is 1. The molecule has 0 saturated heterocycles. The zero-order valence-electron chi connectivity index (χ0n) is 11.9. The molecule has 0 radical (unpaired) electrons. The fourth-order valence-corrected chi connectivity index (χ4v) is 4.00. The van der Waals surface area contributed by atoms with Gasteiger partial charge in [-0.15, -0.1) is 0 Å². The molecule has 4 nitrogen and oxygen atoms in total. The number of hydrogen-bond donors (Lipinski definition) is 1. The van der Waals surface area contributed by atoms with Crippen molar-refractivity contribution in [1.29, 1.82) is 0 Å². The van der Waals surface area contributed by atoms with Crippen LogP contribution in [0.1, 0.15) is 40.0 Å². The molecule has 2 fully saturated rings. The van der Waals surface area contributed by atoms with Gasteiger partial charge in [-0.05, 0) is 25.2 Å². The predicted molar refractivity (Wildman–Crippen MR) is 69.0 cm³/mol. The number of hydrogen-bond acceptors (Lipinski definition) is 4. The first-order valence-electron chi connectivity index (χ1n) is 6.76. The van der Waals surface area contributed by atoms with Crippen LogP contribution in [0, 0.1) is 16.7 Å². The van der Waals surface area contributed by atoms with Gasteiger partial charge in [0.25, 0.3) is 0 Å². The Kier molecular flexibility index (Phi) is 3.45. The molecule has 3 unspecified atom stereocenters. The van der Waals surface area contributed by atoms with E-state index in [2.05, 4.69) is 20.8 Å². The molecule has 0 heterocycles. The molecule has 0 aromatic heterocycles. The van der Waals surface area contributed by atoms with Crippen molar-refractivity contribution in [3.63, 3.8) is 0 Å². The molecule has 0 amide bonds. The Morgan fingerprint density at radius 2 is 2.11 bits per heavy atom. The molecule has 0 aromatic rings. The second-order valence-electron chi connectivity index (χ2n) is 6.79. The summed E-state index contributed by atoms with van der Waals surface area (Å²) >= 11 is 0. The van der Waals surface area contributed by atoms with Gasteiger partial charge in [-0.25, -0.2) is 0 Å². The molecule has 2 aliphatic carbocycles. The SMILES string of the molecule is COC[C@H](N)C(=O)OC1C2(C)CCC(C2)C1(C)C. The van der Waals surface area contributed by atoms with E-state index in [0.717, 1.165) is 12.8 Å². The lowest BCUT2D eigenvalue weighted by Crippen LogP contribution is -2.47. The van der Waals surface area contributed by atoms with Crippen molar-refractivity contribution in [3.8, 4) is 0 Å². The van der Waals surface area contributed by atoms with Gasteiger partial charge in [-0.2, -0.15) is 0 Å². The Hall–Kier alpha value is -0.610. The maximum Gasteiger partial charge on any atom is 0.325 e. The third-order valence-electron chi connectivity index (χ3n) is 5.02. The highest BCUT2D eigenvalue weighted by molar-refractivity contribution is 5.76. The highest BCUT2D eigenvalue weighted by Gasteiger charge is 2.61. The van der Waals surface area contributed by atoms with E-state index in [9.17, 15) is 4.79 Å². The van der Waals surface area contributed by atoms with Crippen molar-refractivity contribution in [2.24, 2.45) is 22.5 Å². The lowest BCUT2D eigenvalue weighted by atomic mass is 9.70. The summed E-state index contributed by atoms with van der Waals surface area (Å²) in [4.78, 5) is 12.0. The molecule has 0 spiro atoms. The second kappa shape index (κ2) is 4.49. The summed E-state index contributed by atoms with van der Waals surface area (Å²) in [6, 6.07) is -0.673. The summed E-state index contributed by atoms with van der Waals surface area (Å²) in [5.41, 5.74) is 5.94. The molecule has 2 bridgehead atoms. The van der Waals surface area contributed by atoms with Crippen LogP contribution in [0.5, 0.6) is 0 Å². The average molecular weight is 255 g/mol. The molecular weight excluding hydrogens is 230 g/mol. The molecule has 18 heavy (non-hydrogen) atoms. The first kappa shape index (κ1) is 13.8.